The summed E-state index contributed by atoms with van der Waals surface area (Å²) in [6.45, 7) is 0.507. The predicted molar refractivity (Wildman–Crippen MR) is 96.4 cm³/mol. The summed E-state index contributed by atoms with van der Waals surface area (Å²) < 4.78 is 5.15. The molecular weight excluding hydrogens is 355 g/mol. The molecule has 2 aromatic carbocycles. The zero-order chi connectivity index (χ0) is 16.8. The Bertz CT molecular complexity index is 724. The lowest BCUT2D eigenvalue weighted by molar-refractivity contribution is 0.0973. The van der Waals surface area contributed by atoms with Crippen molar-refractivity contribution in [1.82, 2.24) is 10.6 Å². The molecule has 0 radical (unpaired) electrons. The molecule has 0 aliphatic rings. The van der Waals surface area contributed by atoms with E-state index in [1.54, 1.807) is 0 Å². The Labute approximate surface area is 149 Å². The van der Waals surface area contributed by atoms with Gasteiger partial charge in [0.25, 0.3) is 5.91 Å². The van der Waals surface area contributed by atoms with Gasteiger partial charge in [-0.05, 0) is 29.9 Å². The van der Waals surface area contributed by atoms with Crippen LogP contribution in [0.1, 0.15) is 15.9 Å². The number of nitrogens with one attached hydrogen (secondary N) is 2. The fraction of sp³-hybridized carbons (Fsp3) is 0.125. The third-order valence-corrected chi connectivity index (χ3v) is 3.73. The Hall–Kier alpha value is -1.82. The second-order valence-electron chi connectivity index (χ2n) is 4.59. The smallest absolute Gasteiger partial charge is 0.261 e. The Morgan fingerprint density at radius 3 is 2.57 bits per heavy atom. The van der Waals surface area contributed by atoms with E-state index in [0.717, 1.165) is 5.56 Å². The van der Waals surface area contributed by atoms with E-state index in [9.17, 15) is 4.79 Å². The standard InChI is InChI=1S/C16H14Cl2N2O2S/c1-22-14-12(7-11(17)8-13(14)18)15(21)20-16(23)19-9-10-5-3-2-4-6-10/h2-8H,9H2,1H3,(H2,19,20,21,23). The van der Waals surface area contributed by atoms with E-state index in [0.29, 0.717) is 11.6 Å². The van der Waals surface area contributed by atoms with Gasteiger partial charge in [0.2, 0.25) is 0 Å². The van der Waals surface area contributed by atoms with E-state index >= 15 is 0 Å². The molecule has 0 heterocycles. The normalized spacial score (nSPS) is 10.0. The van der Waals surface area contributed by atoms with Gasteiger partial charge in [0.05, 0.1) is 17.7 Å². The minimum Gasteiger partial charge on any atom is -0.494 e. The molecule has 0 unspecified atom stereocenters. The maximum absolute atomic E-state index is 12.3. The van der Waals surface area contributed by atoms with Crippen LogP contribution in [0.2, 0.25) is 10.0 Å². The fourth-order valence-corrected chi connectivity index (χ4v) is 2.66. The molecule has 0 saturated heterocycles. The molecule has 120 valence electrons. The molecule has 1 amide bonds. The van der Waals surface area contributed by atoms with E-state index in [1.807, 2.05) is 30.3 Å². The highest BCUT2D eigenvalue weighted by Crippen LogP contribution is 2.32. The number of methoxy groups -OCH3 is 1. The number of hydrogen-bond donors (Lipinski definition) is 2. The lowest BCUT2D eigenvalue weighted by atomic mass is 10.2. The molecule has 7 heteroatoms. The summed E-state index contributed by atoms with van der Waals surface area (Å²) in [6.07, 6.45) is 0. The van der Waals surface area contributed by atoms with E-state index in [1.165, 1.54) is 19.2 Å². The molecule has 0 fully saturated rings. The molecule has 0 atom stereocenters. The average Bonchev–Trinajstić information content (AvgIpc) is 2.53. The lowest BCUT2D eigenvalue weighted by Crippen LogP contribution is -2.39. The van der Waals surface area contributed by atoms with Crippen LogP contribution in [-0.2, 0) is 6.54 Å². The SMILES string of the molecule is COc1c(Cl)cc(Cl)cc1C(=O)NC(=S)NCc1ccccc1. The van der Waals surface area contributed by atoms with Crippen molar-refractivity contribution in [3.05, 3.63) is 63.6 Å². The third kappa shape index (κ3) is 4.82. The number of hydrogen-bond acceptors (Lipinski definition) is 3. The number of benzene rings is 2. The van der Waals surface area contributed by atoms with Crippen LogP contribution in [-0.4, -0.2) is 18.1 Å². The molecule has 0 aromatic heterocycles. The van der Waals surface area contributed by atoms with Crippen molar-refractivity contribution in [3.8, 4) is 5.75 Å². The van der Waals surface area contributed by atoms with E-state index in [4.69, 9.17) is 40.2 Å². The number of ether oxygens (including phenoxy) is 1. The van der Waals surface area contributed by atoms with Crippen molar-refractivity contribution in [3.63, 3.8) is 0 Å². The van der Waals surface area contributed by atoms with Crippen molar-refractivity contribution in [2.75, 3.05) is 7.11 Å². The zero-order valence-electron chi connectivity index (χ0n) is 12.2. The molecule has 0 aliphatic carbocycles. The van der Waals surface area contributed by atoms with Gasteiger partial charge in [-0.15, -0.1) is 0 Å². The number of thiocarbonyl (C=S) groups is 1. The Morgan fingerprint density at radius 2 is 1.91 bits per heavy atom. The zero-order valence-corrected chi connectivity index (χ0v) is 14.6. The molecule has 2 rings (SSSR count). The molecule has 0 aliphatic heterocycles. The van der Waals surface area contributed by atoms with Crippen LogP contribution in [0.5, 0.6) is 5.75 Å². The van der Waals surface area contributed by atoms with Gasteiger partial charge in [-0.2, -0.15) is 0 Å². The monoisotopic (exact) mass is 368 g/mol. The summed E-state index contributed by atoms with van der Waals surface area (Å²) in [4.78, 5) is 12.3. The number of halogens is 2. The van der Waals surface area contributed by atoms with E-state index in [-0.39, 0.29) is 21.4 Å². The van der Waals surface area contributed by atoms with Gasteiger partial charge < -0.3 is 10.1 Å². The largest absolute Gasteiger partial charge is 0.494 e. The average molecular weight is 369 g/mol. The van der Waals surface area contributed by atoms with Gasteiger partial charge >= 0.3 is 0 Å². The van der Waals surface area contributed by atoms with Gasteiger partial charge in [-0.1, -0.05) is 53.5 Å². The third-order valence-electron chi connectivity index (χ3n) is 2.98. The highest BCUT2D eigenvalue weighted by molar-refractivity contribution is 7.80. The second kappa shape index (κ2) is 8.15. The van der Waals surface area contributed by atoms with Crippen molar-refractivity contribution in [2.45, 2.75) is 6.54 Å². The fourth-order valence-electron chi connectivity index (χ4n) is 1.93. The Kier molecular flexibility index (Phi) is 6.21. The van der Waals surface area contributed by atoms with Crippen molar-refractivity contribution < 1.29 is 9.53 Å². The maximum atomic E-state index is 12.3. The summed E-state index contributed by atoms with van der Waals surface area (Å²) in [5.74, 6) is -0.198. The maximum Gasteiger partial charge on any atom is 0.261 e. The number of carbonyl (C=O) groups excluding carboxylic acids is 1. The molecule has 4 nitrogen and oxygen atoms in total. The van der Waals surface area contributed by atoms with Gasteiger partial charge in [0, 0.05) is 11.6 Å². The summed E-state index contributed by atoms with van der Waals surface area (Å²) in [5.41, 5.74) is 1.27. The van der Waals surface area contributed by atoms with Crippen molar-refractivity contribution in [2.24, 2.45) is 0 Å². The summed E-state index contributed by atoms with van der Waals surface area (Å²) in [5, 5.41) is 6.34. The highest BCUT2D eigenvalue weighted by Gasteiger charge is 2.17. The molecule has 0 saturated carbocycles. The van der Waals surface area contributed by atoms with Crippen LogP contribution < -0.4 is 15.4 Å². The van der Waals surface area contributed by atoms with Crippen molar-refractivity contribution in [1.29, 1.82) is 0 Å². The van der Waals surface area contributed by atoms with Crippen LogP contribution >= 0.6 is 35.4 Å². The number of amides is 1. The topological polar surface area (TPSA) is 50.4 Å². The minimum atomic E-state index is -0.447. The van der Waals surface area contributed by atoms with Crippen molar-refractivity contribution >= 4 is 46.4 Å². The van der Waals surface area contributed by atoms with E-state index < -0.39 is 5.91 Å². The number of carbonyl (C=O) groups is 1. The molecule has 0 bridgehead atoms. The van der Waals surface area contributed by atoms with Gasteiger partial charge in [-0.3, -0.25) is 10.1 Å². The predicted octanol–water partition coefficient (Wildman–Crippen LogP) is 3.81. The van der Waals surface area contributed by atoms with Crippen LogP contribution in [0.25, 0.3) is 0 Å². The minimum absolute atomic E-state index is 0.206. The molecule has 2 N–H and O–H groups in total. The second-order valence-corrected chi connectivity index (χ2v) is 5.84. The van der Waals surface area contributed by atoms with Crippen LogP contribution in [0.15, 0.2) is 42.5 Å². The van der Waals surface area contributed by atoms with E-state index in [2.05, 4.69) is 10.6 Å². The quantitative estimate of drug-likeness (QED) is 0.805. The van der Waals surface area contributed by atoms with Gasteiger partial charge in [0.1, 0.15) is 5.75 Å². The summed E-state index contributed by atoms with van der Waals surface area (Å²) in [6, 6.07) is 12.7. The molecular formula is C16H14Cl2N2O2S. The molecule has 2 aromatic rings. The highest BCUT2D eigenvalue weighted by atomic mass is 35.5. The molecule has 23 heavy (non-hydrogen) atoms. The van der Waals surface area contributed by atoms with Gasteiger partial charge in [-0.25, -0.2) is 0 Å². The first-order chi connectivity index (χ1) is 11.0. The summed E-state index contributed by atoms with van der Waals surface area (Å²) >= 11 is 17.1. The number of rotatable bonds is 4. The molecule has 0 spiro atoms. The van der Waals surface area contributed by atoms with Gasteiger partial charge in [0.15, 0.2) is 5.11 Å². The first kappa shape index (κ1) is 17.5. The van der Waals surface area contributed by atoms with Crippen LogP contribution in [0.4, 0.5) is 0 Å². The summed E-state index contributed by atoms with van der Waals surface area (Å²) in [7, 11) is 1.43. The van der Waals surface area contributed by atoms with Crippen LogP contribution in [0, 0.1) is 0 Å². The van der Waals surface area contributed by atoms with Crippen LogP contribution in [0.3, 0.4) is 0 Å². The Balaban J connectivity index is 2.03. The lowest BCUT2D eigenvalue weighted by Gasteiger charge is -2.13. The first-order valence-electron chi connectivity index (χ1n) is 6.67. The first-order valence-corrected chi connectivity index (χ1v) is 7.84. The Morgan fingerprint density at radius 1 is 1.22 bits per heavy atom.